The average molecular weight is 338 g/mol. The van der Waals surface area contributed by atoms with Crippen molar-refractivity contribution in [2.75, 3.05) is 4.90 Å². The lowest BCUT2D eigenvalue weighted by Crippen LogP contribution is -2.28. The summed E-state index contributed by atoms with van der Waals surface area (Å²) in [5.74, 6) is 1.13. The molecule has 3 aromatic rings. The van der Waals surface area contributed by atoms with Gasteiger partial charge >= 0.3 is 0 Å². The Morgan fingerprint density at radius 3 is 3.00 bits per heavy atom. The van der Waals surface area contributed by atoms with Crippen molar-refractivity contribution in [2.24, 2.45) is 5.92 Å². The van der Waals surface area contributed by atoms with E-state index in [4.69, 9.17) is 0 Å². The van der Waals surface area contributed by atoms with Gasteiger partial charge in [0.1, 0.15) is 0 Å². The smallest absolute Gasteiger partial charge is 0.251 e. The molecular formula is C18H18N4OS. The molecule has 0 bridgehead atoms. The highest BCUT2D eigenvalue weighted by molar-refractivity contribution is 7.19. The average Bonchev–Trinajstić information content (AvgIpc) is 3.13. The SMILES string of the molecule is C=CC(=O)N(Cc1cc2ccccc2s1)c1cn(CC2CC2)nn1. The van der Waals surface area contributed by atoms with Gasteiger partial charge in [-0.3, -0.25) is 14.4 Å². The molecule has 1 aliphatic rings. The van der Waals surface area contributed by atoms with Crippen molar-refractivity contribution in [1.29, 1.82) is 0 Å². The predicted molar refractivity (Wildman–Crippen MR) is 96.0 cm³/mol. The molecule has 1 aromatic carbocycles. The van der Waals surface area contributed by atoms with Gasteiger partial charge in [-0.05, 0) is 42.4 Å². The molecule has 1 fully saturated rings. The van der Waals surface area contributed by atoms with Crippen LogP contribution in [0.1, 0.15) is 17.7 Å². The molecule has 122 valence electrons. The Labute approximate surface area is 144 Å². The topological polar surface area (TPSA) is 51.0 Å². The van der Waals surface area contributed by atoms with Crippen molar-refractivity contribution in [3.63, 3.8) is 0 Å². The zero-order chi connectivity index (χ0) is 16.5. The van der Waals surface area contributed by atoms with Gasteiger partial charge in [0.05, 0.1) is 12.7 Å². The normalized spacial score (nSPS) is 14.0. The Kier molecular flexibility index (Phi) is 3.90. The molecule has 1 amide bonds. The van der Waals surface area contributed by atoms with E-state index in [1.54, 1.807) is 16.2 Å². The number of amides is 1. The van der Waals surface area contributed by atoms with Crippen LogP contribution in [0.5, 0.6) is 0 Å². The van der Waals surface area contributed by atoms with Crippen molar-refractivity contribution in [3.8, 4) is 0 Å². The second kappa shape index (κ2) is 6.20. The van der Waals surface area contributed by atoms with Crippen molar-refractivity contribution < 1.29 is 4.79 Å². The maximum Gasteiger partial charge on any atom is 0.251 e. The highest BCUT2D eigenvalue weighted by atomic mass is 32.1. The van der Waals surface area contributed by atoms with Crippen LogP contribution in [0.2, 0.25) is 0 Å². The monoisotopic (exact) mass is 338 g/mol. The third-order valence-corrected chi connectivity index (χ3v) is 5.28. The highest BCUT2D eigenvalue weighted by Crippen LogP contribution is 2.31. The summed E-state index contributed by atoms with van der Waals surface area (Å²) in [6.07, 6.45) is 5.69. The van der Waals surface area contributed by atoms with Crippen LogP contribution in [0, 0.1) is 5.92 Å². The number of benzene rings is 1. The van der Waals surface area contributed by atoms with Crippen LogP contribution >= 0.6 is 11.3 Å². The van der Waals surface area contributed by atoms with Gasteiger partial charge in [0, 0.05) is 16.1 Å². The molecule has 0 saturated heterocycles. The van der Waals surface area contributed by atoms with Gasteiger partial charge in [0.15, 0.2) is 5.82 Å². The van der Waals surface area contributed by atoms with E-state index in [9.17, 15) is 4.79 Å². The lowest BCUT2D eigenvalue weighted by molar-refractivity contribution is -0.114. The van der Waals surface area contributed by atoms with Crippen LogP contribution in [0.3, 0.4) is 0 Å². The van der Waals surface area contributed by atoms with Crippen LogP contribution in [0.4, 0.5) is 5.82 Å². The third-order valence-electron chi connectivity index (χ3n) is 4.18. The fourth-order valence-corrected chi connectivity index (χ4v) is 3.77. The first-order chi connectivity index (χ1) is 11.7. The van der Waals surface area contributed by atoms with Crippen molar-refractivity contribution in [2.45, 2.75) is 25.9 Å². The van der Waals surface area contributed by atoms with E-state index in [2.05, 4.69) is 35.1 Å². The largest absolute Gasteiger partial charge is 0.285 e. The Bertz CT molecular complexity index is 860. The number of hydrogen-bond donors (Lipinski definition) is 0. The number of rotatable bonds is 6. The lowest BCUT2D eigenvalue weighted by atomic mass is 10.2. The molecule has 1 saturated carbocycles. The Hall–Kier alpha value is -2.47. The molecule has 0 spiro atoms. The van der Waals surface area contributed by atoms with E-state index < -0.39 is 0 Å². The second-order valence-electron chi connectivity index (χ2n) is 6.12. The summed E-state index contributed by atoms with van der Waals surface area (Å²) >= 11 is 1.69. The number of anilines is 1. The standard InChI is InChI=1S/C18H18N4OS/c1-2-18(23)22(17-12-21(20-19-17)10-13-7-8-13)11-15-9-14-5-3-4-6-16(14)24-15/h2-6,9,12-13H,1,7-8,10-11H2. The third kappa shape index (κ3) is 3.10. The number of carbonyl (C=O) groups is 1. The highest BCUT2D eigenvalue weighted by Gasteiger charge is 2.24. The van der Waals surface area contributed by atoms with Crippen molar-refractivity contribution in [1.82, 2.24) is 15.0 Å². The minimum absolute atomic E-state index is 0.161. The Morgan fingerprint density at radius 1 is 1.42 bits per heavy atom. The van der Waals surface area contributed by atoms with Crippen LogP contribution < -0.4 is 4.90 Å². The number of hydrogen-bond acceptors (Lipinski definition) is 4. The second-order valence-corrected chi connectivity index (χ2v) is 7.29. The van der Waals surface area contributed by atoms with Crippen LogP contribution in [-0.4, -0.2) is 20.9 Å². The molecule has 6 heteroatoms. The Morgan fingerprint density at radius 2 is 2.25 bits per heavy atom. The maximum absolute atomic E-state index is 12.3. The molecule has 0 radical (unpaired) electrons. The maximum atomic E-state index is 12.3. The minimum atomic E-state index is -0.161. The summed E-state index contributed by atoms with van der Waals surface area (Å²) < 4.78 is 3.05. The van der Waals surface area contributed by atoms with E-state index in [1.165, 1.54) is 29.0 Å². The van der Waals surface area contributed by atoms with Crippen LogP contribution in [0.25, 0.3) is 10.1 Å². The molecule has 0 atom stereocenters. The first-order valence-corrected chi connectivity index (χ1v) is 8.86. The summed E-state index contributed by atoms with van der Waals surface area (Å²) in [6.45, 7) is 4.97. The first-order valence-electron chi connectivity index (χ1n) is 8.04. The number of nitrogens with zero attached hydrogens (tertiary/aromatic N) is 4. The van der Waals surface area contributed by atoms with Crippen LogP contribution in [0.15, 0.2) is 49.2 Å². The molecule has 4 rings (SSSR count). The van der Waals surface area contributed by atoms with E-state index in [1.807, 2.05) is 23.0 Å². The van der Waals surface area contributed by atoms with Gasteiger partial charge in [0.25, 0.3) is 5.91 Å². The minimum Gasteiger partial charge on any atom is -0.285 e. The summed E-state index contributed by atoms with van der Waals surface area (Å²) in [7, 11) is 0. The summed E-state index contributed by atoms with van der Waals surface area (Å²) in [5, 5.41) is 9.55. The molecular weight excluding hydrogens is 320 g/mol. The van der Waals surface area contributed by atoms with Crippen LogP contribution in [-0.2, 0) is 17.9 Å². The molecule has 0 aliphatic heterocycles. The predicted octanol–water partition coefficient (Wildman–Crippen LogP) is 3.62. The van der Waals surface area contributed by atoms with E-state index in [0.717, 1.165) is 11.4 Å². The van der Waals surface area contributed by atoms with Gasteiger partial charge in [0.2, 0.25) is 0 Å². The first kappa shape index (κ1) is 15.1. The zero-order valence-electron chi connectivity index (χ0n) is 13.3. The van der Waals surface area contributed by atoms with Gasteiger partial charge in [-0.2, -0.15) is 0 Å². The zero-order valence-corrected chi connectivity index (χ0v) is 14.1. The summed E-state index contributed by atoms with van der Waals surface area (Å²) in [4.78, 5) is 15.1. The Balaban J connectivity index is 1.59. The van der Waals surface area contributed by atoms with E-state index in [-0.39, 0.29) is 5.91 Å². The fourth-order valence-electron chi connectivity index (χ4n) is 2.72. The summed E-state index contributed by atoms with van der Waals surface area (Å²) in [5.41, 5.74) is 0. The quantitative estimate of drug-likeness (QED) is 0.645. The molecule has 2 aromatic heterocycles. The molecule has 5 nitrogen and oxygen atoms in total. The van der Waals surface area contributed by atoms with E-state index >= 15 is 0 Å². The molecule has 2 heterocycles. The van der Waals surface area contributed by atoms with Gasteiger partial charge in [-0.15, -0.1) is 16.4 Å². The van der Waals surface area contributed by atoms with Gasteiger partial charge < -0.3 is 0 Å². The van der Waals surface area contributed by atoms with Crippen molar-refractivity contribution in [3.05, 3.63) is 54.1 Å². The van der Waals surface area contributed by atoms with Gasteiger partial charge in [-0.1, -0.05) is 30.0 Å². The number of carbonyl (C=O) groups excluding carboxylic acids is 1. The fraction of sp³-hybridized carbons (Fsp3) is 0.278. The lowest BCUT2D eigenvalue weighted by Gasteiger charge is -2.16. The molecule has 1 aliphatic carbocycles. The van der Waals surface area contributed by atoms with Crippen molar-refractivity contribution >= 4 is 33.1 Å². The molecule has 24 heavy (non-hydrogen) atoms. The molecule has 0 N–H and O–H groups in total. The summed E-state index contributed by atoms with van der Waals surface area (Å²) in [6, 6.07) is 10.3. The molecule has 0 unspecified atom stereocenters. The number of aromatic nitrogens is 3. The number of thiophene rings is 1. The van der Waals surface area contributed by atoms with E-state index in [0.29, 0.717) is 18.3 Å². The number of fused-ring (bicyclic) bond motifs is 1. The van der Waals surface area contributed by atoms with Gasteiger partial charge in [-0.25, -0.2) is 0 Å².